The third-order valence-corrected chi connectivity index (χ3v) is 7.13. The Morgan fingerprint density at radius 1 is 1.20 bits per heavy atom. The van der Waals surface area contributed by atoms with Crippen molar-refractivity contribution < 1.29 is 22.0 Å². The summed E-state index contributed by atoms with van der Waals surface area (Å²) in [5, 5.41) is 8.44. The summed E-state index contributed by atoms with van der Waals surface area (Å²) < 4.78 is 52.0. The molecule has 0 amide bonds. The topological polar surface area (TPSA) is 85.5 Å². The Hall–Kier alpha value is -2.49. The number of aromatic nitrogens is 2. The van der Waals surface area contributed by atoms with Crippen molar-refractivity contribution in [2.75, 3.05) is 20.2 Å². The van der Waals surface area contributed by atoms with Gasteiger partial charge in [-0.3, -0.25) is 0 Å². The van der Waals surface area contributed by atoms with Gasteiger partial charge in [0.05, 0.1) is 13.0 Å². The Kier molecular flexibility index (Phi) is 5.77. The molecular formula is C20H19ClFN3O4S. The van der Waals surface area contributed by atoms with Gasteiger partial charge in [0.15, 0.2) is 0 Å². The fourth-order valence-corrected chi connectivity index (χ4v) is 5.40. The SMILES string of the molecule is COc1ccc(Cl)cc1S(=O)(=O)N1CCC[C@H](c2nnc(-c3ccc(F)cc3)o2)C1. The number of nitrogens with zero attached hydrogens (tertiary/aromatic N) is 3. The van der Waals surface area contributed by atoms with Gasteiger partial charge >= 0.3 is 0 Å². The fourth-order valence-electron chi connectivity index (χ4n) is 3.46. The second-order valence-electron chi connectivity index (χ2n) is 6.95. The van der Waals surface area contributed by atoms with Gasteiger partial charge in [0, 0.05) is 23.7 Å². The first kappa shape index (κ1) is 20.8. The first-order chi connectivity index (χ1) is 14.4. The highest BCUT2D eigenvalue weighted by molar-refractivity contribution is 7.89. The summed E-state index contributed by atoms with van der Waals surface area (Å²) in [5.74, 6) is 0.246. The molecule has 3 aromatic rings. The summed E-state index contributed by atoms with van der Waals surface area (Å²) in [7, 11) is -2.41. The van der Waals surface area contributed by atoms with Crippen molar-refractivity contribution >= 4 is 21.6 Å². The monoisotopic (exact) mass is 451 g/mol. The molecular weight excluding hydrogens is 433 g/mol. The van der Waals surface area contributed by atoms with Crippen LogP contribution in [0.3, 0.4) is 0 Å². The van der Waals surface area contributed by atoms with Crippen LogP contribution in [0.25, 0.3) is 11.5 Å². The Labute approximate surface area is 178 Å². The van der Waals surface area contributed by atoms with Crippen LogP contribution in [-0.4, -0.2) is 43.1 Å². The number of ether oxygens (including phenoxy) is 1. The molecule has 0 saturated carbocycles. The smallest absolute Gasteiger partial charge is 0.247 e. The second-order valence-corrected chi connectivity index (χ2v) is 9.29. The molecule has 0 spiro atoms. The van der Waals surface area contributed by atoms with Crippen molar-refractivity contribution in [2.45, 2.75) is 23.7 Å². The maximum Gasteiger partial charge on any atom is 0.247 e. The second kappa shape index (κ2) is 8.33. The van der Waals surface area contributed by atoms with Crippen LogP contribution in [0.4, 0.5) is 4.39 Å². The molecule has 1 aliphatic heterocycles. The molecule has 158 valence electrons. The number of methoxy groups -OCH3 is 1. The number of hydrogen-bond donors (Lipinski definition) is 0. The summed E-state index contributed by atoms with van der Waals surface area (Å²) in [6.07, 6.45) is 1.35. The quantitative estimate of drug-likeness (QED) is 0.580. The number of benzene rings is 2. The molecule has 7 nitrogen and oxygen atoms in total. The van der Waals surface area contributed by atoms with Crippen LogP contribution in [0.5, 0.6) is 5.75 Å². The molecule has 1 fully saturated rings. The van der Waals surface area contributed by atoms with E-state index in [2.05, 4.69) is 10.2 Å². The molecule has 0 aliphatic carbocycles. The van der Waals surface area contributed by atoms with E-state index in [1.807, 2.05) is 0 Å². The van der Waals surface area contributed by atoms with E-state index < -0.39 is 10.0 Å². The predicted molar refractivity (Wildman–Crippen MR) is 108 cm³/mol. The Balaban J connectivity index is 1.58. The maximum absolute atomic E-state index is 13.2. The minimum Gasteiger partial charge on any atom is -0.495 e. The zero-order valence-electron chi connectivity index (χ0n) is 16.1. The first-order valence-corrected chi connectivity index (χ1v) is 11.1. The summed E-state index contributed by atoms with van der Waals surface area (Å²) in [4.78, 5) is 0.0238. The minimum absolute atomic E-state index is 0.0238. The summed E-state index contributed by atoms with van der Waals surface area (Å²) in [5.41, 5.74) is 0.596. The van der Waals surface area contributed by atoms with Crippen LogP contribution in [0.2, 0.25) is 5.02 Å². The highest BCUT2D eigenvalue weighted by atomic mass is 35.5. The van der Waals surface area contributed by atoms with Crippen LogP contribution < -0.4 is 4.74 Å². The molecule has 0 unspecified atom stereocenters. The number of sulfonamides is 1. The van der Waals surface area contributed by atoms with E-state index in [-0.39, 0.29) is 34.8 Å². The van der Waals surface area contributed by atoms with E-state index >= 15 is 0 Å². The predicted octanol–water partition coefficient (Wildman–Crippen LogP) is 4.11. The lowest BCUT2D eigenvalue weighted by molar-refractivity contribution is 0.285. The molecule has 1 aromatic heterocycles. The number of halogens is 2. The molecule has 0 N–H and O–H groups in total. The van der Waals surface area contributed by atoms with E-state index in [0.29, 0.717) is 35.9 Å². The van der Waals surface area contributed by atoms with Gasteiger partial charge in [-0.15, -0.1) is 10.2 Å². The lowest BCUT2D eigenvalue weighted by Crippen LogP contribution is -2.39. The van der Waals surface area contributed by atoms with Gasteiger partial charge < -0.3 is 9.15 Å². The van der Waals surface area contributed by atoms with Crippen LogP contribution >= 0.6 is 11.6 Å². The Bertz CT molecular complexity index is 1150. The summed E-state index contributed by atoms with van der Waals surface area (Å²) >= 11 is 6.02. The summed E-state index contributed by atoms with van der Waals surface area (Å²) in [6.45, 7) is 0.566. The van der Waals surface area contributed by atoms with E-state index in [0.717, 1.165) is 0 Å². The average Bonchev–Trinajstić information content (AvgIpc) is 3.24. The van der Waals surface area contributed by atoms with Gasteiger partial charge in [-0.05, 0) is 55.3 Å². The van der Waals surface area contributed by atoms with E-state index in [1.54, 1.807) is 18.2 Å². The lowest BCUT2D eigenvalue weighted by atomic mass is 10.00. The minimum atomic E-state index is -3.83. The van der Waals surface area contributed by atoms with E-state index in [9.17, 15) is 12.8 Å². The van der Waals surface area contributed by atoms with Crippen molar-refractivity contribution in [1.82, 2.24) is 14.5 Å². The molecule has 2 heterocycles. The normalized spacial score (nSPS) is 17.8. The molecule has 10 heteroatoms. The van der Waals surface area contributed by atoms with Gasteiger partial charge in [-0.2, -0.15) is 4.31 Å². The van der Waals surface area contributed by atoms with Gasteiger partial charge in [0.1, 0.15) is 16.5 Å². The van der Waals surface area contributed by atoms with Crippen LogP contribution in [0.1, 0.15) is 24.7 Å². The highest BCUT2D eigenvalue weighted by Crippen LogP contribution is 2.34. The molecule has 4 rings (SSSR count). The van der Waals surface area contributed by atoms with Crippen LogP contribution in [0.15, 0.2) is 51.8 Å². The van der Waals surface area contributed by atoms with Crippen molar-refractivity contribution in [3.63, 3.8) is 0 Å². The number of piperidine rings is 1. The first-order valence-electron chi connectivity index (χ1n) is 9.31. The number of rotatable bonds is 5. The van der Waals surface area contributed by atoms with Crippen LogP contribution in [0, 0.1) is 5.82 Å². The zero-order chi connectivity index (χ0) is 21.3. The third kappa shape index (κ3) is 4.05. The molecule has 1 saturated heterocycles. The van der Waals surface area contributed by atoms with E-state index in [1.165, 1.54) is 35.7 Å². The van der Waals surface area contributed by atoms with E-state index in [4.69, 9.17) is 20.8 Å². The van der Waals surface area contributed by atoms with Crippen molar-refractivity contribution in [3.05, 3.63) is 59.2 Å². The van der Waals surface area contributed by atoms with Gasteiger partial charge in [-0.1, -0.05) is 11.6 Å². The fraction of sp³-hybridized carbons (Fsp3) is 0.300. The van der Waals surface area contributed by atoms with Gasteiger partial charge in [0.25, 0.3) is 0 Å². The molecule has 0 radical (unpaired) electrons. The van der Waals surface area contributed by atoms with Crippen LogP contribution in [-0.2, 0) is 10.0 Å². The highest BCUT2D eigenvalue weighted by Gasteiger charge is 2.35. The van der Waals surface area contributed by atoms with Crippen molar-refractivity contribution in [3.8, 4) is 17.2 Å². The Morgan fingerprint density at radius 2 is 1.97 bits per heavy atom. The summed E-state index contributed by atoms with van der Waals surface area (Å²) in [6, 6.07) is 10.2. The van der Waals surface area contributed by atoms with Gasteiger partial charge in [-0.25, -0.2) is 12.8 Å². The Morgan fingerprint density at radius 3 is 2.70 bits per heavy atom. The maximum atomic E-state index is 13.2. The van der Waals surface area contributed by atoms with Gasteiger partial charge in [0.2, 0.25) is 21.8 Å². The molecule has 1 atom stereocenters. The zero-order valence-corrected chi connectivity index (χ0v) is 17.7. The molecule has 2 aromatic carbocycles. The average molecular weight is 452 g/mol. The van der Waals surface area contributed by atoms with Crippen molar-refractivity contribution in [1.29, 1.82) is 0 Å². The molecule has 0 bridgehead atoms. The molecule has 1 aliphatic rings. The molecule has 30 heavy (non-hydrogen) atoms. The standard InChI is InChI=1S/C20H19ClFN3O4S/c1-28-17-9-6-15(21)11-18(17)30(26,27)25-10-2-3-14(12-25)20-24-23-19(29-20)13-4-7-16(22)8-5-13/h4-9,11,14H,2-3,10,12H2,1H3/t14-/m0/s1. The largest absolute Gasteiger partial charge is 0.495 e. The third-order valence-electron chi connectivity index (χ3n) is 5.01. The number of hydrogen-bond acceptors (Lipinski definition) is 6. The lowest BCUT2D eigenvalue weighted by Gasteiger charge is -2.30. The van der Waals surface area contributed by atoms with Crippen molar-refractivity contribution in [2.24, 2.45) is 0 Å².